The number of rotatable bonds is 1. The fourth-order valence-corrected chi connectivity index (χ4v) is 1.38. The number of carbonyl (C=O) groups excluding carboxylic acids is 1. The van der Waals surface area contributed by atoms with E-state index in [-0.39, 0.29) is 5.91 Å². The highest BCUT2D eigenvalue weighted by atomic mass is 16.7. The number of amides is 1. The van der Waals surface area contributed by atoms with Crippen LogP contribution in [0.15, 0.2) is 36.1 Å². The molecule has 0 atom stereocenters. The molecule has 0 saturated carbocycles. The highest BCUT2D eigenvalue weighted by Gasteiger charge is 2.40. The van der Waals surface area contributed by atoms with Crippen LogP contribution in [0.5, 0.6) is 0 Å². The van der Waals surface area contributed by atoms with Crippen LogP contribution in [-0.4, -0.2) is 5.91 Å². The highest BCUT2D eigenvalue weighted by Crippen LogP contribution is 2.33. The van der Waals surface area contributed by atoms with E-state index in [0.29, 0.717) is 5.76 Å². The zero-order chi connectivity index (χ0) is 10.9. The first-order valence-corrected chi connectivity index (χ1v) is 4.85. The Hall–Kier alpha value is -1.77. The molecule has 1 fully saturated rings. The van der Waals surface area contributed by atoms with Crippen molar-refractivity contribution in [3.63, 3.8) is 0 Å². The van der Waals surface area contributed by atoms with Gasteiger partial charge in [-0.3, -0.25) is 4.79 Å². The van der Waals surface area contributed by atoms with Crippen LogP contribution in [0, 0.1) is 5.41 Å². The summed E-state index contributed by atoms with van der Waals surface area (Å²) in [5.74, 6) is 0.545. The monoisotopic (exact) mass is 203 g/mol. The molecule has 1 heterocycles. The maximum Gasteiger partial charge on any atom is 0.265 e. The number of hydrogen-bond donors (Lipinski definition) is 1. The van der Waals surface area contributed by atoms with Crippen molar-refractivity contribution < 1.29 is 9.63 Å². The average Bonchev–Trinajstić information content (AvgIpc) is 2.47. The summed E-state index contributed by atoms with van der Waals surface area (Å²) >= 11 is 0. The van der Waals surface area contributed by atoms with Gasteiger partial charge in [0, 0.05) is 0 Å². The molecule has 15 heavy (non-hydrogen) atoms. The van der Waals surface area contributed by atoms with Crippen molar-refractivity contribution in [1.82, 2.24) is 5.48 Å². The fourth-order valence-electron chi connectivity index (χ4n) is 1.38. The second-order valence-electron chi connectivity index (χ2n) is 4.08. The topological polar surface area (TPSA) is 38.3 Å². The third kappa shape index (κ3) is 1.73. The van der Waals surface area contributed by atoms with Gasteiger partial charge in [-0.2, -0.15) is 5.48 Å². The molecule has 1 amide bonds. The summed E-state index contributed by atoms with van der Waals surface area (Å²) < 4.78 is 0. The Morgan fingerprint density at radius 1 is 1.27 bits per heavy atom. The van der Waals surface area contributed by atoms with E-state index in [4.69, 9.17) is 4.84 Å². The third-order valence-corrected chi connectivity index (χ3v) is 2.53. The van der Waals surface area contributed by atoms with Crippen molar-refractivity contribution in [2.75, 3.05) is 0 Å². The minimum Gasteiger partial charge on any atom is -0.383 e. The van der Waals surface area contributed by atoms with E-state index in [0.717, 1.165) is 5.56 Å². The van der Waals surface area contributed by atoms with Gasteiger partial charge in [0.15, 0.2) is 0 Å². The van der Waals surface area contributed by atoms with Crippen LogP contribution in [0.3, 0.4) is 0 Å². The quantitative estimate of drug-likeness (QED) is 0.759. The SMILES string of the molecule is CC1(C)C(=O)NO/C1=C\c1ccccc1. The summed E-state index contributed by atoms with van der Waals surface area (Å²) in [4.78, 5) is 16.6. The van der Waals surface area contributed by atoms with Gasteiger partial charge in [0.2, 0.25) is 0 Å². The van der Waals surface area contributed by atoms with Gasteiger partial charge in [-0.1, -0.05) is 30.3 Å². The molecule has 0 aromatic heterocycles. The van der Waals surface area contributed by atoms with E-state index in [1.807, 2.05) is 50.3 Å². The molecule has 1 aromatic carbocycles. The summed E-state index contributed by atoms with van der Waals surface area (Å²) in [5.41, 5.74) is 2.81. The maximum atomic E-state index is 11.4. The van der Waals surface area contributed by atoms with Crippen LogP contribution >= 0.6 is 0 Å². The van der Waals surface area contributed by atoms with Gasteiger partial charge in [-0.05, 0) is 25.5 Å². The number of benzene rings is 1. The predicted octanol–water partition coefficient (Wildman–Crippen LogP) is 2.12. The Kier molecular flexibility index (Phi) is 2.23. The van der Waals surface area contributed by atoms with Crippen molar-refractivity contribution in [3.05, 3.63) is 41.7 Å². The summed E-state index contributed by atoms with van der Waals surface area (Å²) in [6.07, 6.45) is 1.87. The number of carbonyl (C=O) groups is 1. The van der Waals surface area contributed by atoms with Crippen LogP contribution in [0.4, 0.5) is 0 Å². The number of nitrogens with one attached hydrogen (secondary N) is 1. The minimum atomic E-state index is -0.587. The van der Waals surface area contributed by atoms with Gasteiger partial charge >= 0.3 is 0 Å². The molecule has 0 radical (unpaired) electrons. The van der Waals surface area contributed by atoms with Crippen LogP contribution in [0.25, 0.3) is 6.08 Å². The lowest BCUT2D eigenvalue weighted by Crippen LogP contribution is -2.25. The summed E-state index contributed by atoms with van der Waals surface area (Å²) in [6.45, 7) is 3.67. The van der Waals surface area contributed by atoms with Crippen LogP contribution < -0.4 is 5.48 Å². The van der Waals surface area contributed by atoms with Gasteiger partial charge in [0.05, 0.1) is 0 Å². The normalized spacial score (nSPS) is 21.2. The fraction of sp³-hybridized carbons (Fsp3) is 0.250. The van der Waals surface area contributed by atoms with Crippen molar-refractivity contribution in [2.45, 2.75) is 13.8 Å². The molecule has 0 spiro atoms. The Bertz CT molecular complexity index is 407. The maximum absolute atomic E-state index is 11.4. The molecule has 78 valence electrons. The largest absolute Gasteiger partial charge is 0.383 e. The van der Waals surface area contributed by atoms with Gasteiger partial charge in [0.25, 0.3) is 5.91 Å². The Morgan fingerprint density at radius 2 is 1.93 bits per heavy atom. The van der Waals surface area contributed by atoms with Crippen LogP contribution in [0.2, 0.25) is 0 Å². The number of hydroxylamine groups is 1. The third-order valence-electron chi connectivity index (χ3n) is 2.53. The highest BCUT2D eigenvalue weighted by molar-refractivity contribution is 5.87. The Balaban J connectivity index is 2.33. The van der Waals surface area contributed by atoms with E-state index in [1.54, 1.807) is 0 Å². The van der Waals surface area contributed by atoms with E-state index in [9.17, 15) is 4.79 Å². The van der Waals surface area contributed by atoms with E-state index in [1.165, 1.54) is 0 Å². The molecule has 0 bridgehead atoms. The number of hydrogen-bond acceptors (Lipinski definition) is 2. The van der Waals surface area contributed by atoms with E-state index < -0.39 is 5.41 Å². The van der Waals surface area contributed by atoms with Crippen molar-refractivity contribution in [2.24, 2.45) is 5.41 Å². The average molecular weight is 203 g/mol. The van der Waals surface area contributed by atoms with E-state index >= 15 is 0 Å². The lowest BCUT2D eigenvalue weighted by atomic mass is 9.90. The Morgan fingerprint density at radius 3 is 2.47 bits per heavy atom. The van der Waals surface area contributed by atoms with Crippen molar-refractivity contribution in [3.8, 4) is 0 Å². The standard InChI is InChI=1S/C12H13NO2/c1-12(2)10(15-13-11(12)14)8-9-6-4-3-5-7-9/h3-8H,1-2H3,(H,13,14)/b10-8-. The first kappa shape index (κ1) is 9.77. The summed E-state index contributed by atoms with van der Waals surface area (Å²) in [6, 6.07) is 9.78. The van der Waals surface area contributed by atoms with Crippen LogP contribution in [-0.2, 0) is 9.63 Å². The predicted molar refractivity (Wildman–Crippen MR) is 57.4 cm³/mol. The van der Waals surface area contributed by atoms with Gasteiger partial charge in [0.1, 0.15) is 11.2 Å². The zero-order valence-electron chi connectivity index (χ0n) is 8.78. The minimum absolute atomic E-state index is 0.107. The molecule has 0 unspecified atom stereocenters. The second-order valence-corrected chi connectivity index (χ2v) is 4.08. The molecule has 1 N–H and O–H groups in total. The molecule has 3 nitrogen and oxygen atoms in total. The zero-order valence-corrected chi connectivity index (χ0v) is 8.78. The van der Waals surface area contributed by atoms with Crippen molar-refractivity contribution >= 4 is 12.0 Å². The molecule has 0 aliphatic carbocycles. The summed E-state index contributed by atoms with van der Waals surface area (Å²) in [7, 11) is 0. The van der Waals surface area contributed by atoms with Crippen molar-refractivity contribution in [1.29, 1.82) is 0 Å². The van der Waals surface area contributed by atoms with E-state index in [2.05, 4.69) is 5.48 Å². The molecule has 1 aromatic rings. The molecular formula is C12H13NO2. The molecule has 2 rings (SSSR count). The van der Waals surface area contributed by atoms with Gasteiger partial charge < -0.3 is 4.84 Å². The van der Waals surface area contributed by atoms with Gasteiger partial charge in [-0.15, -0.1) is 0 Å². The smallest absolute Gasteiger partial charge is 0.265 e. The molecular weight excluding hydrogens is 190 g/mol. The molecule has 3 heteroatoms. The van der Waals surface area contributed by atoms with Crippen LogP contribution in [0.1, 0.15) is 19.4 Å². The second kappa shape index (κ2) is 3.42. The summed E-state index contributed by atoms with van der Waals surface area (Å²) in [5, 5.41) is 0. The lowest BCUT2D eigenvalue weighted by Gasteiger charge is -2.11. The molecule has 1 aliphatic rings. The molecule has 1 aliphatic heterocycles. The first-order chi connectivity index (χ1) is 7.10. The van der Waals surface area contributed by atoms with Gasteiger partial charge in [-0.25, -0.2) is 0 Å². The lowest BCUT2D eigenvalue weighted by molar-refractivity contribution is -0.128. The molecule has 1 saturated heterocycles. The first-order valence-electron chi connectivity index (χ1n) is 4.85. The Labute approximate surface area is 88.7 Å².